The smallest absolute Gasteiger partial charge is 0.310 e. The summed E-state index contributed by atoms with van der Waals surface area (Å²) in [5.41, 5.74) is 1.13. The second kappa shape index (κ2) is 13.1. The maximum Gasteiger partial charge on any atom is 0.310 e. The number of carbonyl (C=O) groups excluding carboxylic acids is 2. The third kappa shape index (κ3) is 7.87. The summed E-state index contributed by atoms with van der Waals surface area (Å²) in [6.45, 7) is 2.98. The van der Waals surface area contributed by atoms with E-state index in [0.29, 0.717) is 32.5 Å². The van der Waals surface area contributed by atoms with Crippen molar-refractivity contribution < 1.29 is 19.1 Å². The number of hydrogen-bond donors (Lipinski definition) is 0. The number of allylic oxidation sites excluding steroid dienone is 2. The summed E-state index contributed by atoms with van der Waals surface area (Å²) in [5, 5.41) is 0. The highest BCUT2D eigenvalue weighted by Crippen LogP contribution is 2.28. The summed E-state index contributed by atoms with van der Waals surface area (Å²) in [5.74, 6) is -1.41. The molecule has 0 bridgehead atoms. The lowest BCUT2D eigenvalue weighted by atomic mass is 9.83. The van der Waals surface area contributed by atoms with Crippen LogP contribution in [-0.4, -0.2) is 25.2 Å². The van der Waals surface area contributed by atoms with Crippen LogP contribution in [0.15, 0.2) is 42.5 Å². The zero-order valence-corrected chi connectivity index (χ0v) is 17.1. The highest BCUT2D eigenvalue weighted by Gasteiger charge is 2.36. The minimum atomic E-state index is -0.433. The molecule has 154 valence electrons. The molecule has 0 N–H and O–H groups in total. The summed E-state index contributed by atoms with van der Waals surface area (Å²) >= 11 is 0. The number of benzene rings is 1. The lowest BCUT2D eigenvalue weighted by Gasteiger charge is -2.25. The van der Waals surface area contributed by atoms with Crippen LogP contribution in [-0.2, 0) is 25.5 Å². The molecule has 4 nitrogen and oxygen atoms in total. The van der Waals surface area contributed by atoms with Gasteiger partial charge in [0.2, 0.25) is 0 Å². The molecule has 1 aromatic carbocycles. The largest absolute Gasteiger partial charge is 0.465 e. The number of ether oxygens (including phenoxy) is 2. The first kappa shape index (κ1) is 22.2. The molecule has 0 heterocycles. The Balaban J connectivity index is 1.71. The fraction of sp³-hybridized carbons (Fsp3) is 0.583. The third-order valence-corrected chi connectivity index (χ3v) is 5.26. The van der Waals surface area contributed by atoms with Gasteiger partial charge >= 0.3 is 11.9 Å². The minimum Gasteiger partial charge on any atom is -0.465 e. The van der Waals surface area contributed by atoms with Crippen molar-refractivity contribution in [2.75, 3.05) is 13.2 Å². The van der Waals surface area contributed by atoms with Gasteiger partial charge in [-0.05, 0) is 24.8 Å². The van der Waals surface area contributed by atoms with E-state index in [2.05, 4.69) is 6.92 Å². The summed E-state index contributed by atoms with van der Waals surface area (Å²) in [4.78, 5) is 25.0. The van der Waals surface area contributed by atoms with Gasteiger partial charge in [0.25, 0.3) is 0 Å². The van der Waals surface area contributed by atoms with E-state index in [-0.39, 0.29) is 11.9 Å². The molecule has 0 aliphatic heterocycles. The normalized spacial score (nSPS) is 18.6. The lowest BCUT2D eigenvalue weighted by Crippen LogP contribution is -2.34. The minimum absolute atomic E-state index is 0.261. The number of carbonyl (C=O) groups is 2. The zero-order valence-electron chi connectivity index (χ0n) is 17.1. The molecule has 1 aromatic rings. The first-order chi connectivity index (χ1) is 13.7. The van der Waals surface area contributed by atoms with Crippen molar-refractivity contribution in [2.45, 2.75) is 64.7 Å². The number of hydrogen-bond acceptors (Lipinski definition) is 4. The van der Waals surface area contributed by atoms with Crippen molar-refractivity contribution in [3.05, 3.63) is 48.0 Å². The molecule has 0 spiro atoms. The van der Waals surface area contributed by atoms with E-state index in [1.54, 1.807) is 0 Å². The van der Waals surface area contributed by atoms with Crippen molar-refractivity contribution in [1.29, 1.82) is 0 Å². The molecule has 0 fully saturated rings. The SMILES string of the molecule is CCCCCCCCOC(=O)C1CC=CCC1C(=O)OCCc1ccccc1. The molecular formula is C24H34O4. The third-order valence-electron chi connectivity index (χ3n) is 5.26. The Morgan fingerprint density at radius 2 is 1.39 bits per heavy atom. The highest BCUT2D eigenvalue weighted by molar-refractivity contribution is 5.82. The second-order valence-corrected chi connectivity index (χ2v) is 7.49. The van der Waals surface area contributed by atoms with Gasteiger partial charge in [-0.15, -0.1) is 0 Å². The lowest BCUT2D eigenvalue weighted by molar-refractivity contribution is -0.161. The van der Waals surface area contributed by atoms with Crippen molar-refractivity contribution in [3.63, 3.8) is 0 Å². The first-order valence-corrected chi connectivity index (χ1v) is 10.7. The fourth-order valence-corrected chi connectivity index (χ4v) is 3.52. The molecule has 2 atom stereocenters. The van der Waals surface area contributed by atoms with E-state index in [1.165, 1.54) is 25.7 Å². The van der Waals surface area contributed by atoms with Gasteiger partial charge in [-0.3, -0.25) is 9.59 Å². The van der Waals surface area contributed by atoms with E-state index < -0.39 is 11.8 Å². The van der Waals surface area contributed by atoms with Crippen LogP contribution in [0.2, 0.25) is 0 Å². The van der Waals surface area contributed by atoms with Crippen molar-refractivity contribution in [1.82, 2.24) is 0 Å². The molecule has 4 heteroatoms. The molecule has 0 amide bonds. The van der Waals surface area contributed by atoms with Crippen LogP contribution < -0.4 is 0 Å². The van der Waals surface area contributed by atoms with Crippen molar-refractivity contribution in [2.24, 2.45) is 11.8 Å². The maximum absolute atomic E-state index is 12.5. The van der Waals surface area contributed by atoms with Crippen LogP contribution in [0.5, 0.6) is 0 Å². The van der Waals surface area contributed by atoms with Crippen molar-refractivity contribution in [3.8, 4) is 0 Å². The highest BCUT2D eigenvalue weighted by atomic mass is 16.5. The van der Waals surface area contributed by atoms with E-state index in [4.69, 9.17) is 9.47 Å². The second-order valence-electron chi connectivity index (χ2n) is 7.49. The van der Waals surface area contributed by atoms with Gasteiger partial charge < -0.3 is 9.47 Å². The standard InChI is InChI=1S/C24H34O4/c1-2-3-4-5-6-12-18-27-23(25)21-15-10-11-16-22(21)24(26)28-19-17-20-13-8-7-9-14-20/h7-11,13-14,21-22H,2-6,12,15-19H2,1H3. The molecule has 0 saturated heterocycles. The topological polar surface area (TPSA) is 52.6 Å². The van der Waals surface area contributed by atoms with Gasteiger partial charge in [-0.25, -0.2) is 0 Å². The van der Waals surface area contributed by atoms with Crippen molar-refractivity contribution >= 4 is 11.9 Å². The van der Waals surface area contributed by atoms with Gasteiger partial charge in [0.1, 0.15) is 0 Å². The summed E-state index contributed by atoms with van der Waals surface area (Å²) in [7, 11) is 0. The molecule has 0 aromatic heterocycles. The summed E-state index contributed by atoms with van der Waals surface area (Å²) in [6, 6.07) is 9.93. The Morgan fingerprint density at radius 1 is 0.821 bits per heavy atom. The van der Waals surface area contributed by atoms with E-state index in [9.17, 15) is 9.59 Å². The Kier molecular flexibility index (Phi) is 10.4. The fourth-order valence-electron chi connectivity index (χ4n) is 3.52. The zero-order chi connectivity index (χ0) is 20.0. The van der Waals surface area contributed by atoms with Crippen LogP contribution in [0, 0.1) is 11.8 Å². The molecule has 1 aliphatic rings. The molecule has 1 aliphatic carbocycles. The van der Waals surface area contributed by atoms with Crippen LogP contribution in [0.1, 0.15) is 63.9 Å². The first-order valence-electron chi connectivity index (χ1n) is 10.7. The molecule has 0 radical (unpaired) electrons. The van der Waals surface area contributed by atoms with Gasteiger partial charge in [0, 0.05) is 6.42 Å². The van der Waals surface area contributed by atoms with E-state index in [1.807, 2.05) is 42.5 Å². The van der Waals surface area contributed by atoms with Crippen LogP contribution in [0.4, 0.5) is 0 Å². The Morgan fingerprint density at radius 3 is 2.04 bits per heavy atom. The summed E-state index contributed by atoms with van der Waals surface area (Å²) < 4.78 is 10.9. The number of esters is 2. The number of rotatable bonds is 12. The Bertz CT molecular complexity index is 608. The molecule has 0 saturated carbocycles. The monoisotopic (exact) mass is 386 g/mol. The molecule has 28 heavy (non-hydrogen) atoms. The molecule has 2 unspecified atom stereocenters. The van der Waals surface area contributed by atoms with Gasteiger partial charge in [0.05, 0.1) is 25.0 Å². The van der Waals surface area contributed by atoms with Crippen LogP contribution in [0.25, 0.3) is 0 Å². The Labute approximate surface area is 169 Å². The van der Waals surface area contributed by atoms with Gasteiger partial charge in [0.15, 0.2) is 0 Å². The molecule has 2 rings (SSSR count). The van der Waals surface area contributed by atoms with Crippen LogP contribution in [0.3, 0.4) is 0 Å². The average molecular weight is 387 g/mol. The molecular weight excluding hydrogens is 352 g/mol. The van der Waals surface area contributed by atoms with Gasteiger partial charge in [-0.2, -0.15) is 0 Å². The maximum atomic E-state index is 12.5. The Hall–Kier alpha value is -2.10. The summed E-state index contributed by atoms with van der Waals surface area (Å²) in [6.07, 6.45) is 12.6. The quantitative estimate of drug-likeness (QED) is 0.279. The average Bonchev–Trinajstić information content (AvgIpc) is 2.73. The van der Waals surface area contributed by atoms with Crippen LogP contribution >= 0.6 is 0 Å². The predicted octanol–water partition coefficient (Wildman–Crippen LogP) is 5.26. The predicted molar refractivity (Wildman–Crippen MR) is 111 cm³/mol. The van der Waals surface area contributed by atoms with Gasteiger partial charge in [-0.1, -0.05) is 81.5 Å². The number of unbranched alkanes of at least 4 members (excludes halogenated alkanes) is 5. The van der Waals surface area contributed by atoms with E-state index in [0.717, 1.165) is 18.4 Å². The van der Waals surface area contributed by atoms with E-state index >= 15 is 0 Å².